The van der Waals surface area contributed by atoms with Gasteiger partial charge in [-0.3, -0.25) is 10.1 Å². The van der Waals surface area contributed by atoms with Crippen LogP contribution >= 0.6 is 0 Å². The van der Waals surface area contributed by atoms with Crippen molar-refractivity contribution in [3.63, 3.8) is 0 Å². The minimum absolute atomic E-state index is 0.322. The first-order valence-electron chi connectivity index (χ1n) is 9.58. The summed E-state index contributed by atoms with van der Waals surface area (Å²) in [5.41, 5.74) is 4.70. The van der Waals surface area contributed by atoms with Crippen molar-refractivity contribution in [2.45, 2.75) is 13.5 Å². The van der Waals surface area contributed by atoms with Crippen LogP contribution in [0.5, 0.6) is 5.75 Å². The van der Waals surface area contributed by atoms with Crippen LogP contribution in [0, 0.1) is 6.92 Å². The maximum Gasteiger partial charge on any atom is 0.278 e. The predicted octanol–water partition coefficient (Wildman–Crippen LogP) is 4.35. The van der Waals surface area contributed by atoms with Gasteiger partial charge < -0.3 is 14.1 Å². The highest BCUT2D eigenvalue weighted by Gasteiger charge is 2.14. The summed E-state index contributed by atoms with van der Waals surface area (Å²) in [6.45, 7) is 2.44. The van der Waals surface area contributed by atoms with E-state index < -0.39 is 0 Å². The Morgan fingerprint density at radius 2 is 1.97 bits per heavy atom. The molecule has 0 spiro atoms. The number of carbonyl (C=O) groups is 1. The first-order valence-corrected chi connectivity index (χ1v) is 9.58. The Morgan fingerprint density at radius 3 is 2.80 bits per heavy atom. The van der Waals surface area contributed by atoms with Gasteiger partial charge in [0.1, 0.15) is 23.7 Å². The van der Waals surface area contributed by atoms with Crippen LogP contribution in [0.2, 0.25) is 0 Å². The van der Waals surface area contributed by atoms with Gasteiger partial charge in [-0.1, -0.05) is 36.4 Å². The maximum absolute atomic E-state index is 12.6. The largest absolute Gasteiger partial charge is 0.489 e. The molecule has 0 bridgehead atoms. The molecule has 0 atom stereocenters. The smallest absolute Gasteiger partial charge is 0.278 e. The monoisotopic (exact) mass is 397 g/mol. The lowest BCUT2D eigenvalue weighted by molar-refractivity contribution is 0.102. The van der Waals surface area contributed by atoms with Crippen LogP contribution < -0.4 is 10.1 Å². The predicted molar refractivity (Wildman–Crippen MR) is 115 cm³/mol. The number of aromatic amines is 1. The number of fused-ring (bicyclic) bond motifs is 2. The molecule has 0 radical (unpaired) electrons. The minimum atomic E-state index is -0.322. The lowest BCUT2D eigenvalue weighted by Gasteiger charge is -2.05. The number of amides is 1. The van der Waals surface area contributed by atoms with E-state index in [4.69, 9.17) is 4.74 Å². The standard InChI is InChI=1S/C23H19N5O2/c1-15-6-5-11-28-13-20(24-21(15)28)22(29)27-23-25-18-10-9-17(12-19(18)26-23)30-14-16-7-3-2-4-8-16/h2-13H,14H2,1H3,(H2,25,26,27,29). The molecule has 3 heterocycles. The van der Waals surface area contributed by atoms with E-state index in [0.717, 1.165) is 33.6 Å². The number of hydrogen-bond acceptors (Lipinski definition) is 4. The third kappa shape index (κ3) is 3.48. The molecule has 0 aliphatic rings. The van der Waals surface area contributed by atoms with Gasteiger partial charge in [-0.2, -0.15) is 0 Å². The average molecular weight is 397 g/mol. The zero-order chi connectivity index (χ0) is 20.5. The number of carbonyl (C=O) groups excluding carboxylic acids is 1. The van der Waals surface area contributed by atoms with Crippen molar-refractivity contribution >= 4 is 28.5 Å². The summed E-state index contributed by atoms with van der Waals surface area (Å²) in [4.78, 5) is 24.6. The van der Waals surface area contributed by atoms with Crippen LogP contribution in [-0.4, -0.2) is 25.3 Å². The second-order valence-corrected chi connectivity index (χ2v) is 7.04. The summed E-state index contributed by atoms with van der Waals surface area (Å²) >= 11 is 0. The van der Waals surface area contributed by atoms with Crippen LogP contribution in [0.1, 0.15) is 21.6 Å². The van der Waals surface area contributed by atoms with Gasteiger partial charge in [0.25, 0.3) is 5.91 Å². The molecule has 5 aromatic rings. The fraction of sp³-hybridized carbons (Fsp3) is 0.0870. The molecule has 3 aromatic heterocycles. The van der Waals surface area contributed by atoms with Gasteiger partial charge in [-0.15, -0.1) is 0 Å². The third-order valence-corrected chi connectivity index (χ3v) is 4.84. The van der Waals surface area contributed by atoms with E-state index in [0.29, 0.717) is 18.2 Å². The molecule has 7 heteroatoms. The molecular formula is C23H19N5O2. The van der Waals surface area contributed by atoms with Crippen molar-refractivity contribution in [2.24, 2.45) is 0 Å². The maximum atomic E-state index is 12.6. The van der Waals surface area contributed by atoms with Crippen molar-refractivity contribution in [2.75, 3.05) is 5.32 Å². The van der Waals surface area contributed by atoms with Gasteiger partial charge in [0.05, 0.1) is 11.0 Å². The number of H-pyrrole nitrogens is 1. The van der Waals surface area contributed by atoms with E-state index >= 15 is 0 Å². The molecule has 148 valence electrons. The summed E-state index contributed by atoms with van der Waals surface area (Å²) in [6, 6.07) is 19.4. The molecule has 0 aliphatic carbocycles. The van der Waals surface area contributed by atoms with Crippen LogP contribution in [0.3, 0.4) is 0 Å². The first-order chi connectivity index (χ1) is 14.7. The first kappa shape index (κ1) is 17.9. The van der Waals surface area contributed by atoms with E-state index in [2.05, 4.69) is 20.3 Å². The Balaban J connectivity index is 1.33. The highest BCUT2D eigenvalue weighted by molar-refractivity contribution is 6.03. The topological polar surface area (TPSA) is 84.3 Å². The molecule has 0 aliphatic heterocycles. The van der Waals surface area contributed by atoms with Gasteiger partial charge in [0, 0.05) is 18.5 Å². The molecule has 0 unspecified atom stereocenters. The fourth-order valence-corrected chi connectivity index (χ4v) is 3.31. The van der Waals surface area contributed by atoms with E-state index in [1.807, 2.05) is 78.2 Å². The second-order valence-electron chi connectivity index (χ2n) is 7.04. The zero-order valence-corrected chi connectivity index (χ0v) is 16.3. The van der Waals surface area contributed by atoms with Crippen LogP contribution in [0.25, 0.3) is 16.7 Å². The number of benzene rings is 2. The number of imidazole rings is 2. The second kappa shape index (κ2) is 7.36. The van der Waals surface area contributed by atoms with Crippen molar-refractivity contribution in [1.29, 1.82) is 0 Å². The summed E-state index contributed by atoms with van der Waals surface area (Å²) in [7, 11) is 0. The fourth-order valence-electron chi connectivity index (χ4n) is 3.31. The Kier molecular flexibility index (Phi) is 4.40. The molecule has 2 N–H and O–H groups in total. The Bertz CT molecular complexity index is 1350. The number of ether oxygens (including phenoxy) is 1. The molecule has 0 saturated heterocycles. The molecule has 2 aromatic carbocycles. The SMILES string of the molecule is Cc1cccn2cc(C(=O)Nc3nc4ccc(OCc5ccccc5)cc4[nH]3)nc12. The van der Waals surface area contributed by atoms with E-state index in [1.165, 1.54) is 0 Å². The minimum Gasteiger partial charge on any atom is -0.489 e. The van der Waals surface area contributed by atoms with Gasteiger partial charge in [-0.25, -0.2) is 9.97 Å². The van der Waals surface area contributed by atoms with Gasteiger partial charge >= 0.3 is 0 Å². The number of nitrogens with zero attached hydrogens (tertiary/aromatic N) is 3. The highest BCUT2D eigenvalue weighted by atomic mass is 16.5. The summed E-state index contributed by atoms with van der Waals surface area (Å²) in [6.07, 6.45) is 3.57. The van der Waals surface area contributed by atoms with Crippen LogP contribution in [0.4, 0.5) is 5.95 Å². The van der Waals surface area contributed by atoms with Crippen LogP contribution in [0.15, 0.2) is 73.1 Å². The lowest BCUT2D eigenvalue weighted by atomic mass is 10.2. The normalized spacial score (nSPS) is 11.1. The lowest BCUT2D eigenvalue weighted by Crippen LogP contribution is -2.13. The quantitative estimate of drug-likeness (QED) is 0.462. The molecule has 7 nitrogen and oxygen atoms in total. The summed E-state index contributed by atoms with van der Waals surface area (Å²) < 4.78 is 7.69. The van der Waals surface area contributed by atoms with E-state index in [9.17, 15) is 4.79 Å². The van der Waals surface area contributed by atoms with Gasteiger partial charge in [0.15, 0.2) is 0 Å². The number of rotatable bonds is 5. The number of aryl methyl sites for hydroxylation is 1. The van der Waals surface area contributed by atoms with E-state index in [-0.39, 0.29) is 5.91 Å². The van der Waals surface area contributed by atoms with Crippen molar-refractivity contribution in [3.8, 4) is 5.75 Å². The molecule has 1 amide bonds. The number of pyridine rings is 1. The molecule has 0 saturated carbocycles. The highest BCUT2D eigenvalue weighted by Crippen LogP contribution is 2.22. The number of hydrogen-bond donors (Lipinski definition) is 2. The molecule has 0 fully saturated rings. The number of anilines is 1. The van der Waals surface area contributed by atoms with Crippen LogP contribution in [-0.2, 0) is 6.61 Å². The van der Waals surface area contributed by atoms with Gasteiger partial charge in [-0.05, 0) is 36.2 Å². The third-order valence-electron chi connectivity index (χ3n) is 4.84. The van der Waals surface area contributed by atoms with Crippen molar-refractivity contribution in [1.82, 2.24) is 19.4 Å². The molecule has 30 heavy (non-hydrogen) atoms. The van der Waals surface area contributed by atoms with Crippen molar-refractivity contribution in [3.05, 3.63) is 89.9 Å². The van der Waals surface area contributed by atoms with Gasteiger partial charge in [0.2, 0.25) is 5.95 Å². The number of aromatic nitrogens is 4. The summed E-state index contributed by atoms with van der Waals surface area (Å²) in [5.74, 6) is 0.769. The molecule has 5 rings (SSSR count). The average Bonchev–Trinajstić information content (AvgIpc) is 3.37. The Morgan fingerprint density at radius 1 is 1.10 bits per heavy atom. The summed E-state index contributed by atoms with van der Waals surface area (Å²) in [5, 5.41) is 2.78. The zero-order valence-electron chi connectivity index (χ0n) is 16.3. The Labute approximate surface area is 172 Å². The molecular weight excluding hydrogens is 378 g/mol. The Hall–Kier alpha value is -4.13. The number of nitrogens with one attached hydrogen (secondary N) is 2. The van der Waals surface area contributed by atoms with E-state index in [1.54, 1.807) is 6.20 Å². The van der Waals surface area contributed by atoms with Crippen molar-refractivity contribution < 1.29 is 9.53 Å².